The van der Waals surface area contributed by atoms with Crippen molar-refractivity contribution in [2.24, 2.45) is 0 Å². The van der Waals surface area contributed by atoms with E-state index >= 15 is 0 Å². The Morgan fingerprint density at radius 1 is 1.55 bits per heavy atom. The summed E-state index contributed by atoms with van der Waals surface area (Å²) in [6, 6.07) is 1.68. The third kappa shape index (κ3) is 0.973. The van der Waals surface area contributed by atoms with Crippen LogP contribution in [0.1, 0.15) is 5.89 Å². The van der Waals surface area contributed by atoms with E-state index in [1.54, 1.807) is 19.2 Å². The third-order valence-corrected chi connectivity index (χ3v) is 1.65. The van der Waals surface area contributed by atoms with Crippen LogP contribution in [0.15, 0.2) is 16.7 Å². The summed E-state index contributed by atoms with van der Waals surface area (Å²) in [7, 11) is 0. The Bertz CT molecular complexity index is 396. The molecule has 2 rings (SSSR count). The van der Waals surface area contributed by atoms with Gasteiger partial charge in [0.15, 0.2) is 17.1 Å². The molecule has 3 nitrogen and oxygen atoms in total. The molecular weight excluding hydrogens is 164 g/mol. The van der Waals surface area contributed by atoms with Crippen molar-refractivity contribution in [2.75, 3.05) is 0 Å². The van der Waals surface area contributed by atoms with Crippen molar-refractivity contribution >= 4 is 22.8 Å². The van der Waals surface area contributed by atoms with Crippen molar-refractivity contribution in [2.45, 2.75) is 6.92 Å². The maximum absolute atomic E-state index is 5.80. The zero-order valence-electron chi connectivity index (χ0n) is 5.84. The summed E-state index contributed by atoms with van der Waals surface area (Å²) in [6.45, 7) is 1.76. The van der Waals surface area contributed by atoms with Crippen LogP contribution in [0.25, 0.3) is 11.2 Å². The fraction of sp³-hybridized carbons (Fsp3) is 0.143. The van der Waals surface area contributed by atoms with Gasteiger partial charge in [-0.05, 0) is 6.07 Å². The van der Waals surface area contributed by atoms with Crippen molar-refractivity contribution in [3.63, 3.8) is 0 Å². The summed E-state index contributed by atoms with van der Waals surface area (Å²) in [5.74, 6) is 0.584. The number of rotatable bonds is 0. The molecule has 11 heavy (non-hydrogen) atoms. The highest BCUT2D eigenvalue weighted by Crippen LogP contribution is 2.21. The van der Waals surface area contributed by atoms with Crippen molar-refractivity contribution in [1.82, 2.24) is 9.97 Å². The van der Waals surface area contributed by atoms with E-state index in [1.807, 2.05) is 0 Å². The third-order valence-electron chi connectivity index (χ3n) is 1.35. The number of pyridine rings is 1. The van der Waals surface area contributed by atoms with Crippen LogP contribution in [0.5, 0.6) is 0 Å². The smallest absolute Gasteiger partial charge is 0.200 e. The maximum atomic E-state index is 5.80. The van der Waals surface area contributed by atoms with Gasteiger partial charge < -0.3 is 4.42 Å². The van der Waals surface area contributed by atoms with Crippen molar-refractivity contribution in [1.29, 1.82) is 0 Å². The average molecular weight is 169 g/mol. The van der Waals surface area contributed by atoms with Gasteiger partial charge in [0.1, 0.15) is 0 Å². The number of hydrogen-bond acceptors (Lipinski definition) is 3. The molecule has 0 aliphatic heterocycles. The van der Waals surface area contributed by atoms with Gasteiger partial charge in [-0.15, -0.1) is 0 Å². The molecule has 0 aromatic carbocycles. The Hall–Kier alpha value is -1.09. The number of aryl methyl sites for hydroxylation is 1. The molecule has 0 spiro atoms. The summed E-state index contributed by atoms with van der Waals surface area (Å²) in [5, 5.41) is 0.551. The van der Waals surface area contributed by atoms with E-state index in [0.717, 1.165) is 0 Å². The van der Waals surface area contributed by atoms with Gasteiger partial charge in [-0.2, -0.15) is 4.98 Å². The lowest BCUT2D eigenvalue weighted by atomic mass is 10.5. The molecular formula is C7H5ClN2O. The largest absolute Gasteiger partial charge is 0.438 e. The normalized spacial score (nSPS) is 10.7. The molecule has 0 N–H and O–H groups in total. The molecule has 4 heteroatoms. The fourth-order valence-electron chi connectivity index (χ4n) is 0.908. The van der Waals surface area contributed by atoms with Crippen LogP contribution >= 0.6 is 11.6 Å². The van der Waals surface area contributed by atoms with Crippen LogP contribution in [-0.2, 0) is 0 Å². The van der Waals surface area contributed by atoms with Gasteiger partial charge >= 0.3 is 0 Å². The van der Waals surface area contributed by atoms with Gasteiger partial charge in [-0.3, -0.25) is 0 Å². The zero-order chi connectivity index (χ0) is 7.84. The lowest BCUT2D eigenvalue weighted by Gasteiger charge is -1.86. The Morgan fingerprint density at radius 2 is 2.36 bits per heavy atom. The van der Waals surface area contributed by atoms with Gasteiger partial charge in [0.2, 0.25) is 0 Å². The molecule has 2 aromatic rings. The summed E-state index contributed by atoms with van der Waals surface area (Å²) >= 11 is 5.80. The first kappa shape index (κ1) is 6.61. The maximum Gasteiger partial charge on any atom is 0.200 e. The number of halogens is 1. The number of nitrogens with zero attached hydrogens (tertiary/aromatic N) is 2. The van der Waals surface area contributed by atoms with Gasteiger partial charge in [0, 0.05) is 13.1 Å². The second-order valence-electron chi connectivity index (χ2n) is 2.18. The van der Waals surface area contributed by atoms with Gasteiger partial charge in [-0.1, -0.05) is 11.6 Å². The molecule has 0 aliphatic carbocycles. The molecule has 2 aromatic heterocycles. The Kier molecular flexibility index (Phi) is 1.32. The predicted molar refractivity (Wildman–Crippen MR) is 41.6 cm³/mol. The highest BCUT2D eigenvalue weighted by atomic mass is 35.5. The highest BCUT2D eigenvalue weighted by Gasteiger charge is 2.05. The molecule has 2 heterocycles. The molecule has 0 saturated carbocycles. The van der Waals surface area contributed by atoms with Crippen molar-refractivity contribution in [3.05, 3.63) is 23.2 Å². The second-order valence-corrected chi connectivity index (χ2v) is 2.59. The van der Waals surface area contributed by atoms with Gasteiger partial charge in [0.05, 0.1) is 5.02 Å². The highest BCUT2D eigenvalue weighted by molar-refractivity contribution is 6.34. The first-order valence-corrected chi connectivity index (χ1v) is 3.53. The zero-order valence-corrected chi connectivity index (χ0v) is 6.59. The van der Waals surface area contributed by atoms with Crippen LogP contribution in [0.2, 0.25) is 5.02 Å². The number of hydrogen-bond donors (Lipinski definition) is 0. The SMILES string of the molecule is Cc1nc2nccc(Cl)c2o1. The quantitative estimate of drug-likeness (QED) is 0.605. The molecule has 0 unspecified atom stereocenters. The van der Waals surface area contributed by atoms with E-state index < -0.39 is 0 Å². The first-order chi connectivity index (χ1) is 5.27. The van der Waals surface area contributed by atoms with E-state index in [1.165, 1.54) is 0 Å². The average Bonchev–Trinajstić information content (AvgIpc) is 2.31. The van der Waals surface area contributed by atoms with E-state index in [-0.39, 0.29) is 0 Å². The molecule has 0 amide bonds. The molecule has 0 bridgehead atoms. The van der Waals surface area contributed by atoms with E-state index in [2.05, 4.69) is 9.97 Å². The Balaban J connectivity index is 2.90. The topological polar surface area (TPSA) is 38.9 Å². The van der Waals surface area contributed by atoms with Crippen LogP contribution in [0.4, 0.5) is 0 Å². The standard InChI is InChI=1S/C7H5ClN2O/c1-4-10-7-6(11-4)5(8)2-3-9-7/h2-3H,1H3. The monoisotopic (exact) mass is 168 g/mol. The molecule has 0 atom stereocenters. The predicted octanol–water partition coefficient (Wildman–Crippen LogP) is 2.18. The van der Waals surface area contributed by atoms with Gasteiger partial charge in [-0.25, -0.2) is 4.98 Å². The lowest BCUT2D eigenvalue weighted by Crippen LogP contribution is -1.74. The van der Waals surface area contributed by atoms with Crippen LogP contribution in [0.3, 0.4) is 0 Å². The minimum atomic E-state index is 0.551. The molecule has 56 valence electrons. The second kappa shape index (κ2) is 2.20. The minimum absolute atomic E-state index is 0.551. The summed E-state index contributed by atoms with van der Waals surface area (Å²) < 4.78 is 5.19. The van der Waals surface area contributed by atoms with Crippen LogP contribution < -0.4 is 0 Å². The fourth-order valence-corrected chi connectivity index (χ4v) is 1.09. The summed E-state index contributed by atoms with van der Waals surface area (Å²) in [4.78, 5) is 7.99. The van der Waals surface area contributed by atoms with Crippen LogP contribution in [0, 0.1) is 6.92 Å². The Labute approximate surface area is 68.0 Å². The molecule has 0 radical (unpaired) electrons. The molecule has 0 aliphatic rings. The minimum Gasteiger partial charge on any atom is -0.438 e. The first-order valence-electron chi connectivity index (χ1n) is 3.15. The van der Waals surface area contributed by atoms with E-state index in [9.17, 15) is 0 Å². The van der Waals surface area contributed by atoms with E-state index in [4.69, 9.17) is 16.0 Å². The Morgan fingerprint density at radius 3 is 3.09 bits per heavy atom. The van der Waals surface area contributed by atoms with Gasteiger partial charge in [0.25, 0.3) is 0 Å². The van der Waals surface area contributed by atoms with Crippen molar-refractivity contribution < 1.29 is 4.42 Å². The number of fused-ring (bicyclic) bond motifs is 1. The molecule has 0 saturated heterocycles. The van der Waals surface area contributed by atoms with E-state index in [0.29, 0.717) is 22.1 Å². The summed E-state index contributed by atoms with van der Waals surface area (Å²) in [5.41, 5.74) is 1.13. The molecule has 0 fully saturated rings. The lowest BCUT2D eigenvalue weighted by molar-refractivity contribution is 0.561. The summed E-state index contributed by atoms with van der Waals surface area (Å²) in [6.07, 6.45) is 1.60. The number of oxazole rings is 1. The van der Waals surface area contributed by atoms with Crippen LogP contribution in [-0.4, -0.2) is 9.97 Å². The van der Waals surface area contributed by atoms with Crippen molar-refractivity contribution in [3.8, 4) is 0 Å². The number of aromatic nitrogens is 2.